The van der Waals surface area contributed by atoms with Gasteiger partial charge < -0.3 is 9.47 Å². The largest absolute Gasteiger partial charge is 0.309 e. The lowest BCUT2D eigenvalue weighted by Gasteiger charge is -2.31. The lowest BCUT2D eigenvalue weighted by molar-refractivity contribution is 0.660. The first kappa shape index (κ1) is 34.8. The normalized spacial score (nSPS) is 14.1. The highest BCUT2D eigenvalue weighted by molar-refractivity contribution is 6.10. The van der Waals surface area contributed by atoms with Gasteiger partial charge in [0, 0.05) is 44.0 Å². The minimum atomic E-state index is -0.128. The van der Waals surface area contributed by atoms with Crippen molar-refractivity contribution in [2.24, 2.45) is 0 Å². The number of hydrogen-bond acceptors (Lipinski definition) is 1. The van der Waals surface area contributed by atoms with Crippen LogP contribution in [0.15, 0.2) is 182 Å². The van der Waals surface area contributed by atoms with Gasteiger partial charge in [-0.15, -0.1) is 0 Å². The highest BCUT2D eigenvalue weighted by Gasteiger charge is 2.39. The Morgan fingerprint density at radius 1 is 0.386 bits per heavy atom. The molecule has 9 aromatic rings. The van der Waals surface area contributed by atoms with Crippen LogP contribution in [0.4, 0.5) is 17.1 Å². The summed E-state index contributed by atoms with van der Waals surface area (Å²) in [5, 5.41) is 2.52. The molecule has 8 aromatic carbocycles. The third-order valence-corrected chi connectivity index (χ3v) is 12.8. The molecule has 0 N–H and O–H groups in total. The van der Waals surface area contributed by atoms with Crippen LogP contribution in [-0.2, 0) is 10.8 Å². The quantitative estimate of drug-likeness (QED) is 0.171. The highest BCUT2D eigenvalue weighted by atomic mass is 15.1. The third-order valence-electron chi connectivity index (χ3n) is 12.8. The molecule has 0 fully saturated rings. The zero-order chi connectivity index (χ0) is 37.8. The Bertz CT molecular complexity index is 2990. The second-order valence-electron chi connectivity index (χ2n) is 16.5. The van der Waals surface area contributed by atoms with E-state index in [9.17, 15) is 0 Å². The van der Waals surface area contributed by atoms with Crippen LogP contribution in [0.5, 0.6) is 0 Å². The molecule has 11 rings (SSSR count). The van der Waals surface area contributed by atoms with Gasteiger partial charge in [-0.1, -0.05) is 175 Å². The summed E-state index contributed by atoms with van der Waals surface area (Å²) in [7, 11) is 0. The summed E-state index contributed by atoms with van der Waals surface area (Å²) in [4.78, 5) is 2.54. The van der Waals surface area contributed by atoms with Crippen molar-refractivity contribution < 1.29 is 0 Å². The fourth-order valence-electron chi connectivity index (χ4n) is 10.2. The molecule has 0 amide bonds. The Kier molecular flexibility index (Phi) is 7.76. The first-order valence-corrected chi connectivity index (χ1v) is 19.8. The third kappa shape index (κ3) is 4.90. The van der Waals surface area contributed by atoms with E-state index in [4.69, 9.17) is 0 Å². The van der Waals surface area contributed by atoms with Gasteiger partial charge in [0.1, 0.15) is 0 Å². The van der Waals surface area contributed by atoms with Crippen molar-refractivity contribution in [1.29, 1.82) is 0 Å². The topological polar surface area (TPSA) is 8.17 Å². The molecule has 0 saturated heterocycles. The molecule has 2 nitrogen and oxygen atoms in total. The van der Waals surface area contributed by atoms with Crippen molar-refractivity contribution in [3.63, 3.8) is 0 Å². The standard InChI is InChI=1S/C54H42N2.CH4/c1-53(2)43-24-11-5-18-36(43)42-34-35(32-33-45(42)53)55(51-31-17-26-46-52(51)41-23-6-12-25-44(41)54(46,3)4)47-27-13-7-19-37(47)38-20-8-14-28-48(38)56-49-29-15-9-21-39(49)40-22-10-16-30-50(40)56;/h5-34H,1-4H3;1H4. The number of nitrogens with zero attached hydrogens (tertiary/aromatic N) is 2. The molecule has 1 aromatic heterocycles. The molecule has 2 heteroatoms. The van der Waals surface area contributed by atoms with E-state index in [2.05, 4.69) is 219 Å². The van der Waals surface area contributed by atoms with E-state index in [0.29, 0.717) is 0 Å². The summed E-state index contributed by atoms with van der Waals surface area (Å²) in [6.45, 7) is 9.46. The van der Waals surface area contributed by atoms with Crippen LogP contribution in [0.3, 0.4) is 0 Å². The number of anilines is 3. The number of fused-ring (bicyclic) bond motifs is 9. The molecule has 0 aliphatic heterocycles. The zero-order valence-corrected chi connectivity index (χ0v) is 32.2. The van der Waals surface area contributed by atoms with E-state index in [0.717, 1.165) is 17.1 Å². The van der Waals surface area contributed by atoms with Gasteiger partial charge in [-0.25, -0.2) is 0 Å². The van der Waals surface area contributed by atoms with Crippen LogP contribution in [0.1, 0.15) is 57.4 Å². The second-order valence-corrected chi connectivity index (χ2v) is 16.5. The summed E-state index contributed by atoms with van der Waals surface area (Å²) in [6.07, 6.45) is 0. The van der Waals surface area contributed by atoms with E-state index in [1.165, 1.54) is 83.1 Å². The van der Waals surface area contributed by atoms with Crippen molar-refractivity contribution in [3.05, 3.63) is 204 Å². The van der Waals surface area contributed by atoms with Crippen LogP contribution in [0.25, 0.3) is 60.9 Å². The molecule has 57 heavy (non-hydrogen) atoms. The van der Waals surface area contributed by atoms with Crippen LogP contribution >= 0.6 is 0 Å². The van der Waals surface area contributed by atoms with E-state index in [1.807, 2.05) is 0 Å². The molecule has 0 bridgehead atoms. The summed E-state index contributed by atoms with van der Waals surface area (Å²) < 4.78 is 2.45. The van der Waals surface area contributed by atoms with Gasteiger partial charge in [-0.05, 0) is 81.4 Å². The van der Waals surface area contributed by atoms with E-state index in [1.54, 1.807) is 0 Å². The van der Waals surface area contributed by atoms with E-state index < -0.39 is 0 Å². The van der Waals surface area contributed by atoms with Crippen LogP contribution in [0, 0.1) is 0 Å². The molecule has 0 saturated carbocycles. The van der Waals surface area contributed by atoms with Gasteiger partial charge in [0.2, 0.25) is 0 Å². The number of hydrogen-bond donors (Lipinski definition) is 0. The maximum atomic E-state index is 2.54. The fraction of sp³-hybridized carbons (Fsp3) is 0.127. The lowest BCUT2D eigenvalue weighted by Crippen LogP contribution is -2.17. The molecule has 0 atom stereocenters. The summed E-state index contributed by atoms with van der Waals surface area (Å²) in [5.74, 6) is 0. The Labute approximate surface area is 336 Å². The van der Waals surface area contributed by atoms with Crippen molar-refractivity contribution >= 4 is 38.9 Å². The predicted octanol–water partition coefficient (Wildman–Crippen LogP) is 15.2. The molecule has 276 valence electrons. The van der Waals surface area contributed by atoms with Gasteiger partial charge in [0.25, 0.3) is 0 Å². The van der Waals surface area contributed by atoms with Crippen LogP contribution < -0.4 is 4.90 Å². The minimum Gasteiger partial charge on any atom is -0.309 e. The average molecular weight is 735 g/mol. The van der Waals surface area contributed by atoms with E-state index >= 15 is 0 Å². The van der Waals surface area contributed by atoms with Crippen molar-refractivity contribution in [2.45, 2.75) is 46.0 Å². The highest BCUT2D eigenvalue weighted by Crippen LogP contribution is 2.56. The summed E-state index contributed by atoms with van der Waals surface area (Å²) in [5.41, 5.74) is 19.9. The maximum absolute atomic E-state index is 2.54. The SMILES string of the molecule is C.CC1(C)c2ccccc2-c2cc(N(c3ccccc3-c3ccccc3-n3c4ccccc4c4ccccc43)c3cccc4c3-c3ccccc3C4(C)C)ccc21. The van der Waals surface area contributed by atoms with E-state index in [-0.39, 0.29) is 18.3 Å². The van der Waals surface area contributed by atoms with Gasteiger partial charge in [0.15, 0.2) is 0 Å². The Morgan fingerprint density at radius 2 is 0.877 bits per heavy atom. The molecule has 1 heterocycles. The van der Waals surface area contributed by atoms with Crippen LogP contribution in [-0.4, -0.2) is 4.57 Å². The lowest BCUT2D eigenvalue weighted by atomic mass is 9.82. The molecule has 2 aliphatic carbocycles. The molecule has 0 spiro atoms. The van der Waals surface area contributed by atoms with Gasteiger partial charge in [0.05, 0.1) is 28.1 Å². The predicted molar refractivity (Wildman–Crippen MR) is 243 cm³/mol. The Morgan fingerprint density at radius 3 is 1.60 bits per heavy atom. The second kappa shape index (κ2) is 12.7. The fourth-order valence-corrected chi connectivity index (χ4v) is 10.2. The van der Waals surface area contributed by atoms with Crippen molar-refractivity contribution in [3.8, 4) is 39.1 Å². The summed E-state index contributed by atoms with van der Waals surface area (Å²) >= 11 is 0. The molecule has 2 aliphatic rings. The first-order valence-electron chi connectivity index (χ1n) is 19.8. The Hall–Kier alpha value is -6.64. The molecule has 0 radical (unpaired) electrons. The number of aromatic nitrogens is 1. The van der Waals surface area contributed by atoms with Gasteiger partial charge >= 0.3 is 0 Å². The monoisotopic (exact) mass is 734 g/mol. The Balaban J connectivity index is 0.00000396. The minimum absolute atomic E-state index is 0. The van der Waals surface area contributed by atoms with Gasteiger partial charge in [-0.2, -0.15) is 0 Å². The van der Waals surface area contributed by atoms with Crippen molar-refractivity contribution in [1.82, 2.24) is 4.57 Å². The number of benzene rings is 8. The van der Waals surface area contributed by atoms with Gasteiger partial charge in [-0.3, -0.25) is 0 Å². The van der Waals surface area contributed by atoms with Crippen LogP contribution in [0.2, 0.25) is 0 Å². The number of para-hydroxylation sites is 4. The summed E-state index contributed by atoms with van der Waals surface area (Å²) in [6, 6.07) is 67.6. The maximum Gasteiger partial charge on any atom is 0.0543 e. The molecular formula is C55H46N2. The molecule has 0 unspecified atom stereocenters. The first-order chi connectivity index (χ1) is 27.3. The zero-order valence-electron chi connectivity index (χ0n) is 32.2. The van der Waals surface area contributed by atoms with Crippen molar-refractivity contribution in [2.75, 3.05) is 4.90 Å². The number of rotatable bonds is 5. The smallest absolute Gasteiger partial charge is 0.0543 e. The average Bonchev–Trinajstić information content (AvgIpc) is 3.78. The molecular weight excluding hydrogens is 689 g/mol.